The first-order valence-corrected chi connectivity index (χ1v) is 8.71. The van der Waals surface area contributed by atoms with Crippen molar-refractivity contribution in [2.24, 2.45) is 0 Å². The van der Waals surface area contributed by atoms with E-state index in [1.165, 1.54) is 0 Å². The Kier molecular flexibility index (Phi) is 10.9. The third kappa shape index (κ3) is 11.6. The first kappa shape index (κ1) is 19.4. The van der Waals surface area contributed by atoms with Crippen LogP contribution in [0.4, 0.5) is 0 Å². The Balaban J connectivity index is 1.95. The van der Waals surface area contributed by atoms with Crippen molar-refractivity contribution in [1.29, 1.82) is 0 Å². The number of carboxylic acids is 1. The summed E-state index contributed by atoms with van der Waals surface area (Å²) < 4.78 is 5.63. The van der Waals surface area contributed by atoms with Crippen LogP contribution < -0.4 is 0 Å². The molecule has 0 aliphatic carbocycles. The van der Waals surface area contributed by atoms with Gasteiger partial charge in [-0.05, 0) is 44.9 Å². The number of rotatable bonds is 13. The molecule has 0 saturated carbocycles. The summed E-state index contributed by atoms with van der Waals surface area (Å²) in [7, 11) is 0. The van der Waals surface area contributed by atoms with E-state index in [4.69, 9.17) is 9.84 Å². The van der Waals surface area contributed by atoms with Gasteiger partial charge in [-0.25, -0.2) is 0 Å². The normalized spacial score (nSPS) is 21.3. The summed E-state index contributed by atoms with van der Waals surface area (Å²) in [6, 6.07) is 0. The highest BCUT2D eigenvalue weighted by Gasteiger charge is 2.35. The van der Waals surface area contributed by atoms with Gasteiger partial charge in [0, 0.05) is 6.42 Å². The van der Waals surface area contributed by atoms with E-state index in [0.29, 0.717) is 12.2 Å². The van der Waals surface area contributed by atoms with Crippen LogP contribution in [0.2, 0.25) is 0 Å². The van der Waals surface area contributed by atoms with E-state index < -0.39 is 5.97 Å². The third-order valence-corrected chi connectivity index (χ3v) is 3.63. The molecule has 1 heterocycles. The van der Waals surface area contributed by atoms with Crippen LogP contribution in [0.5, 0.6) is 0 Å². The van der Waals surface area contributed by atoms with Crippen molar-refractivity contribution in [3.05, 3.63) is 48.6 Å². The van der Waals surface area contributed by atoms with E-state index in [9.17, 15) is 4.79 Å². The van der Waals surface area contributed by atoms with Crippen molar-refractivity contribution in [3.8, 4) is 0 Å². The molecule has 0 amide bonds. The summed E-state index contributed by atoms with van der Waals surface area (Å²) in [5, 5.41) is 8.51. The summed E-state index contributed by atoms with van der Waals surface area (Å²) >= 11 is 0. The predicted octanol–water partition coefficient (Wildman–Crippen LogP) is 5.20. The number of carboxylic acid groups (broad SMARTS) is 1. The molecular formula is C20H30O3. The average molecular weight is 318 g/mol. The number of allylic oxidation sites excluding steroid dienone is 6. The van der Waals surface area contributed by atoms with E-state index >= 15 is 0 Å². The fourth-order valence-corrected chi connectivity index (χ4v) is 2.25. The van der Waals surface area contributed by atoms with Crippen LogP contribution >= 0.6 is 0 Å². The Morgan fingerprint density at radius 2 is 1.48 bits per heavy atom. The van der Waals surface area contributed by atoms with Gasteiger partial charge in [0.15, 0.2) is 0 Å². The summed E-state index contributed by atoms with van der Waals surface area (Å²) in [4.78, 5) is 10.3. The third-order valence-electron chi connectivity index (χ3n) is 3.63. The highest BCUT2D eigenvalue weighted by atomic mass is 16.6. The van der Waals surface area contributed by atoms with E-state index in [0.717, 1.165) is 44.9 Å². The number of hydrogen-bond acceptors (Lipinski definition) is 2. The highest BCUT2D eigenvalue weighted by Crippen LogP contribution is 2.29. The van der Waals surface area contributed by atoms with Crippen LogP contribution in [0.1, 0.15) is 58.3 Å². The van der Waals surface area contributed by atoms with Gasteiger partial charge in [-0.15, -0.1) is 0 Å². The molecule has 1 fully saturated rings. The fourth-order valence-electron chi connectivity index (χ4n) is 2.25. The summed E-state index contributed by atoms with van der Waals surface area (Å²) in [5.74, 6) is -0.718. The van der Waals surface area contributed by atoms with Gasteiger partial charge >= 0.3 is 5.97 Å². The second-order valence-electron chi connectivity index (χ2n) is 5.74. The fraction of sp³-hybridized carbons (Fsp3) is 0.550. The maximum Gasteiger partial charge on any atom is 0.303 e. The van der Waals surface area contributed by atoms with E-state index in [-0.39, 0.29) is 6.42 Å². The van der Waals surface area contributed by atoms with Crippen LogP contribution in [-0.2, 0) is 9.53 Å². The molecule has 0 aromatic heterocycles. The molecule has 1 rings (SSSR count). The number of unbranched alkanes of at least 4 members (excludes halogenated alkanes) is 1. The number of carbonyl (C=O) groups is 1. The molecule has 0 aromatic rings. The Bertz CT molecular complexity index is 432. The molecule has 1 aliphatic rings. The highest BCUT2D eigenvalue weighted by molar-refractivity contribution is 5.66. The lowest BCUT2D eigenvalue weighted by atomic mass is 10.1. The minimum atomic E-state index is -0.718. The number of epoxide rings is 1. The maximum atomic E-state index is 10.3. The van der Waals surface area contributed by atoms with E-state index in [2.05, 4.69) is 55.5 Å². The number of aliphatic carboxylic acids is 1. The van der Waals surface area contributed by atoms with Crippen molar-refractivity contribution >= 4 is 5.97 Å². The van der Waals surface area contributed by atoms with Crippen molar-refractivity contribution in [1.82, 2.24) is 0 Å². The molecule has 2 unspecified atom stereocenters. The molecule has 1 saturated heterocycles. The van der Waals surface area contributed by atoms with Crippen molar-refractivity contribution in [3.63, 3.8) is 0 Å². The van der Waals surface area contributed by atoms with Crippen molar-refractivity contribution < 1.29 is 14.6 Å². The molecule has 0 aromatic carbocycles. The second kappa shape index (κ2) is 12.9. The van der Waals surface area contributed by atoms with Crippen molar-refractivity contribution in [2.75, 3.05) is 0 Å². The number of hydrogen-bond donors (Lipinski definition) is 1. The lowest BCUT2D eigenvalue weighted by Crippen LogP contribution is -1.92. The monoisotopic (exact) mass is 318 g/mol. The molecule has 2 atom stereocenters. The van der Waals surface area contributed by atoms with Gasteiger partial charge in [-0.1, -0.05) is 55.5 Å². The summed E-state index contributed by atoms with van der Waals surface area (Å²) in [6.45, 7) is 2.14. The van der Waals surface area contributed by atoms with Gasteiger partial charge in [0.2, 0.25) is 0 Å². The molecule has 0 radical (unpaired) electrons. The molecule has 1 aliphatic heterocycles. The van der Waals surface area contributed by atoms with E-state index in [1.807, 2.05) is 0 Å². The van der Waals surface area contributed by atoms with Gasteiger partial charge in [-0.3, -0.25) is 4.79 Å². The Labute approximate surface area is 140 Å². The van der Waals surface area contributed by atoms with Gasteiger partial charge < -0.3 is 9.84 Å². The van der Waals surface area contributed by atoms with Crippen LogP contribution in [0.3, 0.4) is 0 Å². The minimum absolute atomic E-state index is 0.254. The Morgan fingerprint density at radius 3 is 2.04 bits per heavy atom. The number of ether oxygens (including phenoxy) is 1. The molecule has 1 N–H and O–H groups in total. The molecule has 23 heavy (non-hydrogen) atoms. The molecule has 0 spiro atoms. The van der Waals surface area contributed by atoms with Crippen LogP contribution in [0.25, 0.3) is 0 Å². The lowest BCUT2D eigenvalue weighted by Gasteiger charge is -1.90. The van der Waals surface area contributed by atoms with Crippen LogP contribution in [0.15, 0.2) is 48.6 Å². The van der Waals surface area contributed by atoms with E-state index in [1.54, 1.807) is 0 Å². The minimum Gasteiger partial charge on any atom is -0.481 e. The smallest absolute Gasteiger partial charge is 0.303 e. The lowest BCUT2D eigenvalue weighted by molar-refractivity contribution is -0.137. The maximum absolute atomic E-state index is 10.3. The van der Waals surface area contributed by atoms with Crippen LogP contribution in [-0.4, -0.2) is 23.3 Å². The molecule has 3 heteroatoms. The molecular weight excluding hydrogens is 288 g/mol. The molecule has 128 valence electrons. The van der Waals surface area contributed by atoms with Gasteiger partial charge in [0.05, 0.1) is 12.2 Å². The average Bonchev–Trinajstić information content (AvgIpc) is 3.27. The zero-order valence-corrected chi connectivity index (χ0v) is 14.2. The first-order chi connectivity index (χ1) is 11.2. The van der Waals surface area contributed by atoms with Crippen molar-refractivity contribution in [2.45, 2.75) is 70.5 Å². The Morgan fingerprint density at radius 1 is 0.913 bits per heavy atom. The SMILES string of the molecule is CCC=CCC=CCC1OC1CC=CCC=CCCCC(=O)O. The molecule has 3 nitrogen and oxygen atoms in total. The second-order valence-corrected chi connectivity index (χ2v) is 5.74. The quantitative estimate of drug-likeness (QED) is 0.288. The molecule has 0 bridgehead atoms. The Hall–Kier alpha value is -1.61. The van der Waals surface area contributed by atoms with Gasteiger partial charge in [-0.2, -0.15) is 0 Å². The van der Waals surface area contributed by atoms with Gasteiger partial charge in [0.25, 0.3) is 0 Å². The largest absolute Gasteiger partial charge is 0.481 e. The summed E-state index contributed by atoms with van der Waals surface area (Å²) in [6.07, 6.45) is 24.9. The zero-order chi connectivity index (χ0) is 16.8. The topological polar surface area (TPSA) is 49.8 Å². The zero-order valence-electron chi connectivity index (χ0n) is 14.2. The standard InChI is InChI=1S/C20H30O3/c1-2-3-4-5-9-12-15-18-19(23-18)16-13-10-7-6-8-11-14-17-20(21)22/h3-4,6,8-10,12-13,18-19H,2,5,7,11,14-17H2,1H3,(H,21,22). The first-order valence-electron chi connectivity index (χ1n) is 8.71. The predicted molar refractivity (Wildman–Crippen MR) is 95.5 cm³/mol. The summed E-state index contributed by atoms with van der Waals surface area (Å²) in [5.41, 5.74) is 0. The van der Waals surface area contributed by atoms with Gasteiger partial charge in [0.1, 0.15) is 0 Å². The van der Waals surface area contributed by atoms with Crippen LogP contribution in [0, 0.1) is 0 Å².